The minimum atomic E-state index is -0.623. The van der Waals surface area contributed by atoms with Gasteiger partial charge in [0.1, 0.15) is 5.82 Å². The Balaban J connectivity index is 2.88. The maximum absolute atomic E-state index is 13.3. The van der Waals surface area contributed by atoms with E-state index in [1.54, 1.807) is 0 Å². The molecule has 0 aliphatic heterocycles. The number of hydrogen-bond donors (Lipinski definition) is 0. The molecule has 0 spiro atoms. The second-order valence-corrected chi connectivity index (χ2v) is 4.74. The van der Waals surface area contributed by atoms with E-state index in [2.05, 4.69) is 0 Å². The van der Waals surface area contributed by atoms with Gasteiger partial charge in [-0.25, -0.2) is 4.39 Å². The summed E-state index contributed by atoms with van der Waals surface area (Å²) in [5.74, 6) is -0.174. The van der Waals surface area contributed by atoms with Crippen molar-refractivity contribution in [3.63, 3.8) is 0 Å². The highest BCUT2D eigenvalue weighted by Gasteiger charge is 2.12. The molecule has 0 saturated carbocycles. The molecule has 3 nitrogen and oxygen atoms in total. The molecule has 6 heteroatoms. The number of halogens is 2. The van der Waals surface area contributed by atoms with Gasteiger partial charge in [0.2, 0.25) is 0 Å². The van der Waals surface area contributed by atoms with Crippen LogP contribution in [0.2, 0.25) is 0 Å². The Bertz CT molecular complexity index is 375. The molecule has 0 saturated heterocycles. The smallest absolute Gasteiger partial charge is 0.258 e. The highest BCUT2D eigenvalue weighted by molar-refractivity contribution is 8.00. The lowest BCUT2D eigenvalue weighted by Gasteiger charge is -2.07. The van der Waals surface area contributed by atoms with Crippen LogP contribution in [0.3, 0.4) is 0 Å². The van der Waals surface area contributed by atoms with Crippen molar-refractivity contribution < 1.29 is 9.31 Å². The third kappa shape index (κ3) is 3.35. The first-order valence-electron chi connectivity index (χ1n) is 4.21. The third-order valence-electron chi connectivity index (χ3n) is 1.67. The van der Waals surface area contributed by atoms with E-state index in [1.165, 1.54) is 23.9 Å². The first-order valence-corrected chi connectivity index (χ1v) is 5.62. The van der Waals surface area contributed by atoms with Crippen LogP contribution in [0, 0.1) is 15.9 Å². The van der Waals surface area contributed by atoms with Gasteiger partial charge in [-0.1, -0.05) is 6.92 Å². The number of alkyl halides is 1. The second-order valence-electron chi connectivity index (χ2n) is 2.95. The molecule has 0 heterocycles. The Hall–Kier alpha value is -0.810. The summed E-state index contributed by atoms with van der Waals surface area (Å²) in [6.07, 6.45) is 0. The van der Waals surface area contributed by atoms with Crippen LogP contribution < -0.4 is 0 Å². The van der Waals surface area contributed by atoms with Crippen LogP contribution in [-0.2, 0) is 0 Å². The Labute approximate surface area is 95.8 Å². The monoisotopic (exact) mass is 249 g/mol. The molecule has 0 aliphatic carbocycles. The molecule has 1 rings (SSSR count). The van der Waals surface area contributed by atoms with Crippen LogP contribution in [0.25, 0.3) is 0 Å². The summed E-state index contributed by atoms with van der Waals surface area (Å²) in [4.78, 5) is 10.1. The molecular weight excluding hydrogens is 241 g/mol. The van der Waals surface area contributed by atoms with Gasteiger partial charge in [-0.3, -0.25) is 10.1 Å². The molecule has 15 heavy (non-hydrogen) atoms. The van der Waals surface area contributed by atoms with Crippen LogP contribution >= 0.6 is 23.4 Å². The van der Waals surface area contributed by atoms with E-state index in [9.17, 15) is 14.5 Å². The minimum Gasteiger partial charge on any atom is -0.258 e. The van der Waals surface area contributed by atoms with Crippen LogP contribution in [0.4, 0.5) is 10.1 Å². The quantitative estimate of drug-likeness (QED) is 0.355. The fourth-order valence-electron chi connectivity index (χ4n) is 0.947. The summed E-state index contributed by atoms with van der Waals surface area (Å²) < 4.78 is 13.3. The van der Waals surface area contributed by atoms with Gasteiger partial charge < -0.3 is 0 Å². The number of nitro benzene ring substituents is 1. The van der Waals surface area contributed by atoms with Gasteiger partial charge in [0.25, 0.3) is 5.69 Å². The standard InChI is InChI=1S/C9H9ClFNO2S/c1-6(5-10)15-9-3-2-7(12(13)14)4-8(9)11/h2-4,6H,5H2,1H3. The number of benzene rings is 1. The molecule has 0 N–H and O–H groups in total. The topological polar surface area (TPSA) is 43.1 Å². The van der Waals surface area contributed by atoms with E-state index in [1.807, 2.05) is 6.92 Å². The van der Waals surface area contributed by atoms with Gasteiger partial charge in [-0.15, -0.1) is 23.4 Å². The Kier molecular flexibility index (Phi) is 4.35. The van der Waals surface area contributed by atoms with E-state index < -0.39 is 10.7 Å². The van der Waals surface area contributed by atoms with Crippen molar-refractivity contribution in [2.24, 2.45) is 0 Å². The fourth-order valence-corrected chi connectivity index (χ4v) is 1.95. The predicted molar refractivity (Wildman–Crippen MR) is 59.1 cm³/mol. The van der Waals surface area contributed by atoms with Gasteiger partial charge in [0, 0.05) is 22.1 Å². The number of non-ortho nitro benzene ring substituents is 1. The summed E-state index contributed by atoms with van der Waals surface area (Å²) in [6.45, 7) is 1.86. The predicted octanol–water partition coefficient (Wildman–Crippen LogP) is 3.45. The van der Waals surface area contributed by atoms with Crippen molar-refractivity contribution >= 4 is 29.1 Å². The van der Waals surface area contributed by atoms with Crippen molar-refractivity contribution in [1.29, 1.82) is 0 Å². The summed E-state index contributed by atoms with van der Waals surface area (Å²) >= 11 is 6.85. The number of hydrogen-bond acceptors (Lipinski definition) is 3. The highest BCUT2D eigenvalue weighted by Crippen LogP contribution is 2.28. The van der Waals surface area contributed by atoms with Crippen molar-refractivity contribution in [1.82, 2.24) is 0 Å². The lowest BCUT2D eigenvalue weighted by Crippen LogP contribution is -1.98. The SMILES string of the molecule is CC(CCl)Sc1ccc([N+](=O)[O-])cc1F. The number of nitrogens with zero attached hydrogens (tertiary/aromatic N) is 1. The molecule has 0 fully saturated rings. The molecule has 1 aromatic rings. The number of nitro groups is 1. The van der Waals surface area contributed by atoms with E-state index in [4.69, 9.17) is 11.6 Å². The molecule has 0 aliphatic rings. The normalized spacial score (nSPS) is 12.5. The molecule has 0 radical (unpaired) electrons. The number of rotatable bonds is 4. The van der Waals surface area contributed by atoms with Crippen LogP contribution in [-0.4, -0.2) is 16.1 Å². The van der Waals surface area contributed by atoms with Crippen molar-refractivity contribution in [2.75, 3.05) is 5.88 Å². The summed E-state index contributed by atoms with van der Waals surface area (Å²) in [7, 11) is 0. The average molecular weight is 250 g/mol. The van der Waals surface area contributed by atoms with E-state index in [0.29, 0.717) is 10.8 Å². The zero-order valence-electron chi connectivity index (χ0n) is 7.94. The minimum absolute atomic E-state index is 0.0719. The lowest BCUT2D eigenvalue weighted by molar-refractivity contribution is -0.385. The van der Waals surface area contributed by atoms with Gasteiger partial charge in [-0.05, 0) is 6.07 Å². The molecule has 0 amide bonds. The molecule has 0 aromatic heterocycles. The summed E-state index contributed by atoms with van der Waals surface area (Å²) in [5, 5.41) is 10.4. The molecule has 82 valence electrons. The number of thioether (sulfide) groups is 1. The second kappa shape index (κ2) is 5.32. The summed E-state index contributed by atoms with van der Waals surface area (Å²) in [5.41, 5.74) is -0.240. The third-order valence-corrected chi connectivity index (χ3v) is 3.47. The Morgan fingerprint density at radius 2 is 2.33 bits per heavy atom. The highest BCUT2D eigenvalue weighted by atomic mass is 35.5. The van der Waals surface area contributed by atoms with Crippen LogP contribution in [0.15, 0.2) is 23.1 Å². The molecular formula is C9H9ClFNO2S. The Morgan fingerprint density at radius 3 is 2.80 bits per heavy atom. The maximum Gasteiger partial charge on any atom is 0.272 e. The lowest BCUT2D eigenvalue weighted by atomic mass is 10.3. The zero-order valence-corrected chi connectivity index (χ0v) is 9.52. The van der Waals surface area contributed by atoms with Gasteiger partial charge in [0.15, 0.2) is 0 Å². The van der Waals surface area contributed by atoms with Crippen molar-refractivity contribution in [2.45, 2.75) is 17.1 Å². The van der Waals surface area contributed by atoms with E-state index in [-0.39, 0.29) is 10.9 Å². The van der Waals surface area contributed by atoms with Gasteiger partial charge in [0.05, 0.1) is 11.0 Å². The average Bonchev–Trinajstić information content (AvgIpc) is 2.20. The first-order chi connectivity index (χ1) is 7.04. The molecule has 1 aromatic carbocycles. The van der Waals surface area contributed by atoms with Crippen LogP contribution in [0.1, 0.15) is 6.92 Å². The van der Waals surface area contributed by atoms with Crippen molar-refractivity contribution in [3.05, 3.63) is 34.1 Å². The molecule has 1 unspecified atom stereocenters. The molecule has 0 bridgehead atoms. The fraction of sp³-hybridized carbons (Fsp3) is 0.333. The first kappa shape index (κ1) is 12.3. The summed E-state index contributed by atoms with van der Waals surface area (Å²) in [6, 6.07) is 3.61. The zero-order chi connectivity index (χ0) is 11.4. The van der Waals surface area contributed by atoms with E-state index in [0.717, 1.165) is 6.07 Å². The van der Waals surface area contributed by atoms with Gasteiger partial charge in [-0.2, -0.15) is 0 Å². The Morgan fingerprint density at radius 1 is 1.67 bits per heavy atom. The largest absolute Gasteiger partial charge is 0.272 e. The van der Waals surface area contributed by atoms with Gasteiger partial charge >= 0.3 is 0 Å². The molecule has 1 atom stereocenters. The maximum atomic E-state index is 13.3. The van der Waals surface area contributed by atoms with E-state index >= 15 is 0 Å². The van der Waals surface area contributed by atoms with Crippen molar-refractivity contribution in [3.8, 4) is 0 Å². The van der Waals surface area contributed by atoms with Crippen LogP contribution in [0.5, 0.6) is 0 Å².